The van der Waals surface area contributed by atoms with Crippen LogP contribution < -0.4 is 16.2 Å². The summed E-state index contributed by atoms with van der Waals surface area (Å²) in [6, 6.07) is 10.2. The Kier molecular flexibility index (Phi) is 6.27. The first-order chi connectivity index (χ1) is 15.5. The van der Waals surface area contributed by atoms with E-state index < -0.39 is 0 Å². The van der Waals surface area contributed by atoms with E-state index in [0.29, 0.717) is 43.1 Å². The van der Waals surface area contributed by atoms with E-state index in [-0.39, 0.29) is 17.7 Å². The summed E-state index contributed by atoms with van der Waals surface area (Å²) in [6.45, 7) is 2.53. The monoisotopic (exact) mass is 436 g/mol. The minimum absolute atomic E-state index is 0.0416. The first-order valence-corrected chi connectivity index (χ1v) is 10.3. The number of aryl methyl sites for hydroxylation is 1. The van der Waals surface area contributed by atoms with Crippen molar-refractivity contribution in [1.29, 1.82) is 0 Å². The van der Waals surface area contributed by atoms with Gasteiger partial charge in [0.25, 0.3) is 0 Å². The van der Waals surface area contributed by atoms with Gasteiger partial charge in [-0.2, -0.15) is 0 Å². The molecule has 0 fully saturated rings. The smallest absolute Gasteiger partial charge is 0.220 e. The second-order valence-electron chi connectivity index (χ2n) is 7.55. The minimum Gasteiger partial charge on any atom is -0.481 e. The molecule has 0 amide bonds. The third-order valence-corrected chi connectivity index (χ3v) is 5.40. The predicted octanol–water partition coefficient (Wildman–Crippen LogP) is 2.99. The van der Waals surface area contributed by atoms with Gasteiger partial charge in [0.15, 0.2) is 0 Å². The molecule has 0 aliphatic heterocycles. The number of ether oxygens (including phenoxy) is 1. The Hall–Kier alpha value is -3.59. The minimum atomic E-state index is -0.341. The van der Waals surface area contributed by atoms with Gasteiger partial charge in [0.05, 0.1) is 29.9 Å². The highest BCUT2D eigenvalue weighted by Crippen LogP contribution is 2.38. The number of benzene rings is 1. The molecular weight excluding hydrogens is 411 g/mol. The van der Waals surface area contributed by atoms with Crippen LogP contribution in [0.15, 0.2) is 41.6 Å². The number of oxime groups is 1. The summed E-state index contributed by atoms with van der Waals surface area (Å²) in [5.74, 6) is 0.283. The van der Waals surface area contributed by atoms with Crippen molar-refractivity contribution >= 4 is 11.7 Å². The summed E-state index contributed by atoms with van der Waals surface area (Å²) in [5.41, 5.74) is 16.8. The van der Waals surface area contributed by atoms with Gasteiger partial charge in [0.1, 0.15) is 12.4 Å². The van der Waals surface area contributed by atoms with Gasteiger partial charge in [0.2, 0.25) is 11.8 Å². The summed E-state index contributed by atoms with van der Waals surface area (Å²) < 4.78 is 19.5. The molecule has 4 N–H and O–H groups in total. The van der Waals surface area contributed by atoms with Crippen LogP contribution in [0.2, 0.25) is 0 Å². The highest BCUT2D eigenvalue weighted by atomic mass is 19.1. The Bertz CT molecular complexity index is 1170. The molecule has 1 aliphatic carbocycles. The number of halogens is 1. The van der Waals surface area contributed by atoms with E-state index in [9.17, 15) is 4.39 Å². The Morgan fingerprint density at radius 2 is 2.00 bits per heavy atom. The summed E-state index contributed by atoms with van der Waals surface area (Å²) in [6.07, 6.45) is 1.16. The number of hydrogen-bond acceptors (Lipinski definition) is 8. The summed E-state index contributed by atoms with van der Waals surface area (Å²) in [7, 11) is 1.55. The molecule has 1 aromatic carbocycles. The molecule has 4 rings (SSSR count). The lowest BCUT2D eigenvalue weighted by Gasteiger charge is -2.27. The molecule has 1 atom stereocenters. The number of methoxy groups -OCH3 is 1. The lowest BCUT2D eigenvalue weighted by atomic mass is 9.79. The fourth-order valence-electron chi connectivity index (χ4n) is 4.08. The molecule has 0 spiro atoms. The van der Waals surface area contributed by atoms with Crippen LogP contribution in [-0.2, 0) is 11.3 Å². The zero-order chi connectivity index (χ0) is 22.7. The number of nitrogens with zero attached hydrogens (tertiary/aromatic N) is 4. The second kappa shape index (κ2) is 9.27. The standard InChI is InChI=1S/C23H25FN6O2/c1-13-22-19(29-23(26)27-13)10-14(11-20(22)30-32-9-8-25)16-7-6-15(24)12-17(16)18-4-3-5-21(28-18)31-2/h3-7,12,14H,8-11,25H2,1-2H3,(H2,26,27,29)/t14-/m0/s1. The van der Waals surface area contributed by atoms with Crippen molar-refractivity contribution in [3.63, 3.8) is 0 Å². The van der Waals surface area contributed by atoms with E-state index in [1.165, 1.54) is 12.1 Å². The van der Waals surface area contributed by atoms with Gasteiger partial charge in [-0.25, -0.2) is 19.3 Å². The summed E-state index contributed by atoms with van der Waals surface area (Å²) in [5, 5.41) is 4.33. The van der Waals surface area contributed by atoms with Crippen molar-refractivity contribution < 1.29 is 14.0 Å². The molecule has 0 unspecified atom stereocenters. The topological polar surface area (TPSA) is 122 Å². The molecule has 0 saturated carbocycles. The summed E-state index contributed by atoms with van der Waals surface area (Å²) >= 11 is 0. The van der Waals surface area contributed by atoms with E-state index in [1.807, 2.05) is 19.1 Å². The zero-order valence-corrected chi connectivity index (χ0v) is 18.0. The van der Waals surface area contributed by atoms with Crippen LogP contribution in [0.25, 0.3) is 11.3 Å². The average Bonchev–Trinajstić information content (AvgIpc) is 2.78. The van der Waals surface area contributed by atoms with Gasteiger partial charge in [-0.05, 0) is 43.0 Å². The predicted molar refractivity (Wildman–Crippen MR) is 120 cm³/mol. The van der Waals surface area contributed by atoms with E-state index in [0.717, 1.165) is 28.2 Å². The molecule has 8 nitrogen and oxygen atoms in total. The van der Waals surface area contributed by atoms with Crippen molar-refractivity contribution in [1.82, 2.24) is 15.0 Å². The third-order valence-electron chi connectivity index (χ3n) is 5.40. The highest BCUT2D eigenvalue weighted by molar-refractivity contribution is 6.03. The van der Waals surface area contributed by atoms with Crippen LogP contribution in [0.4, 0.5) is 10.3 Å². The highest BCUT2D eigenvalue weighted by Gasteiger charge is 2.31. The Labute approximate surface area is 185 Å². The molecule has 166 valence electrons. The van der Waals surface area contributed by atoms with Crippen LogP contribution in [0.1, 0.15) is 34.9 Å². The molecule has 1 aliphatic rings. The number of aromatic nitrogens is 3. The van der Waals surface area contributed by atoms with E-state index >= 15 is 0 Å². The molecule has 32 heavy (non-hydrogen) atoms. The maximum Gasteiger partial charge on any atom is 0.220 e. The van der Waals surface area contributed by atoms with Crippen LogP contribution in [0.3, 0.4) is 0 Å². The van der Waals surface area contributed by atoms with Gasteiger partial charge in [-0.15, -0.1) is 0 Å². The lowest BCUT2D eigenvalue weighted by Crippen LogP contribution is -2.24. The number of fused-ring (bicyclic) bond motifs is 1. The van der Waals surface area contributed by atoms with Gasteiger partial charge in [-0.1, -0.05) is 17.3 Å². The van der Waals surface area contributed by atoms with E-state index in [4.69, 9.17) is 21.0 Å². The molecule has 9 heteroatoms. The zero-order valence-electron chi connectivity index (χ0n) is 18.0. The quantitative estimate of drug-likeness (QED) is 0.450. The SMILES string of the molecule is COc1cccc(-c2cc(F)ccc2[C@@H]2CC(=NOCCN)c3c(C)nc(N)nc3C2)n1. The van der Waals surface area contributed by atoms with Crippen molar-refractivity contribution in [2.45, 2.75) is 25.7 Å². The molecule has 2 heterocycles. The Morgan fingerprint density at radius 1 is 1.16 bits per heavy atom. The van der Waals surface area contributed by atoms with Gasteiger partial charge in [-0.3, -0.25) is 0 Å². The van der Waals surface area contributed by atoms with E-state index in [1.54, 1.807) is 19.2 Å². The first-order valence-electron chi connectivity index (χ1n) is 10.3. The van der Waals surface area contributed by atoms with Crippen molar-refractivity contribution in [3.05, 3.63) is 64.7 Å². The van der Waals surface area contributed by atoms with Crippen molar-refractivity contribution in [2.24, 2.45) is 10.9 Å². The van der Waals surface area contributed by atoms with Crippen molar-refractivity contribution in [3.8, 4) is 17.1 Å². The number of anilines is 1. The van der Waals surface area contributed by atoms with Gasteiger partial charge in [0, 0.05) is 30.2 Å². The number of nitrogen functional groups attached to an aromatic ring is 1. The average molecular weight is 436 g/mol. The van der Waals surface area contributed by atoms with Gasteiger partial charge >= 0.3 is 0 Å². The molecule has 2 aromatic heterocycles. The first kappa shape index (κ1) is 21.6. The van der Waals surface area contributed by atoms with Crippen LogP contribution in [-0.4, -0.2) is 40.9 Å². The fourth-order valence-corrected chi connectivity index (χ4v) is 4.08. The van der Waals surface area contributed by atoms with Crippen molar-refractivity contribution in [2.75, 3.05) is 26.0 Å². The molecule has 0 bridgehead atoms. The fraction of sp³-hybridized carbons (Fsp3) is 0.304. The van der Waals surface area contributed by atoms with Crippen LogP contribution in [0, 0.1) is 12.7 Å². The number of rotatable bonds is 6. The largest absolute Gasteiger partial charge is 0.481 e. The Balaban J connectivity index is 1.81. The normalized spacial score (nSPS) is 16.6. The lowest BCUT2D eigenvalue weighted by molar-refractivity contribution is 0.151. The second-order valence-corrected chi connectivity index (χ2v) is 7.55. The summed E-state index contributed by atoms with van der Waals surface area (Å²) in [4.78, 5) is 18.7. The molecule has 0 radical (unpaired) electrons. The number of pyridine rings is 1. The molecular formula is C23H25FN6O2. The molecule has 3 aromatic rings. The number of nitrogens with two attached hydrogens (primary N) is 2. The van der Waals surface area contributed by atoms with E-state index in [2.05, 4.69) is 20.1 Å². The van der Waals surface area contributed by atoms with Gasteiger partial charge < -0.3 is 21.0 Å². The maximum absolute atomic E-state index is 14.3. The maximum atomic E-state index is 14.3. The number of hydrogen-bond donors (Lipinski definition) is 2. The van der Waals surface area contributed by atoms with Crippen LogP contribution in [0.5, 0.6) is 5.88 Å². The Morgan fingerprint density at radius 3 is 2.78 bits per heavy atom. The third kappa shape index (κ3) is 4.38. The van der Waals surface area contributed by atoms with Crippen LogP contribution >= 0.6 is 0 Å². The molecule has 0 saturated heterocycles.